The third-order valence-electron chi connectivity index (χ3n) is 5.78. The molecule has 1 saturated heterocycles. The number of likely N-dealkylation sites (tertiary alicyclic amines) is 1. The van der Waals surface area contributed by atoms with Crippen LogP contribution in [0.1, 0.15) is 36.9 Å². The maximum Gasteiger partial charge on any atom is 0.326 e. The normalized spacial score (nSPS) is 18.7. The number of nitrogens with zero attached hydrogens (tertiary/aromatic N) is 1. The second-order valence-corrected chi connectivity index (χ2v) is 8.43. The van der Waals surface area contributed by atoms with Crippen LogP contribution in [-0.2, 0) is 20.8 Å². The average molecular weight is 454 g/mol. The molecule has 1 aliphatic rings. The molecule has 3 atom stereocenters. The molecule has 7 nitrogen and oxygen atoms in total. The zero-order valence-corrected chi connectivity index (χ0v) is 18.7. The molecule has 32 heavy (non-hydrogen) atoms. The van der Waals surface area contributed by atoms with E-state index >= 15 is 0 Å². The summed E-state index contributed by atoms with van der Waals surface area (Å²) < 4.78 is 0. The van der Waals surface area contributed by atoms with Gasteiger partial charge in [0, 0.05) is 5.69 Å². The van der Waals surface area contributed by atoms with Crippen molar-refractivity contribution in [2.45, 2.75) is 38.3 Å². The van der Waals surface area contributed by atoms with E-state index < -0.39 is 17.9 Å². The first kappa shape index (κ1) is 23.4. The van der Waals surface area contributed by atoms with Crippen molar-refractivity contribution >= 4 is 40.6 Å². The third-order valence-corrected chi connectivity index (χ3v) is 6.21. The number of nitrogens with one attached hydrogen (secondary N) is 1. The van der Waals surface area contributed by atoms with Gasteiger partial charge in [-0.2, -0.15) is 0 Å². The topological polar surface area (TPSA) is 113 Å². The molecule has 0 aromatic heterocycles. The molecular formula is C24H27N3O4S. The highest BCUT2D eigenvalue weighted by Gasteiger charge is 2.41. The minimum atomic E-state index is -1.02. The number of benzene rings is 2. The SMILES string of the molecule is CC(=O)C(Cc1ccc(N)cc1)C(=S)NCC(=O)N1C(c2ccccc2)CC[C@H]1C(=O)O. The molecule has 2 aromatic carbocycles. The molecular weight excluding hydrogens is 426 g/mol. The molecule has 0 bridgehead atoms. The first-order valence-electron chi connectivity index (χ1n) is 10.5. The average Bonchev–Trinajstić information content (AvgIpc) is 3.23. The van der Waals surface area contributed by atoms with Crippen LogP contribution in [0.4, 0.5) is 5.69 Å². The number of rotatable bonds is 8. The number of amides is 1. The third kappa shape index (κ3) is 5.50. The van der Waals surface area contributed by atoms with Gasteiger partial charge < -0.3 is 21.1 Å². The lowest BCUT2D eigenvalue weighted by molar-refractivity contribution is -0.149. The molecule has 3 rings (SSSR count). The Bertz CT molecular complexity index is 994. The van der Waals surface area contributed by atoms with Crippen LogP contribution in [0.25, 0.3) is 0 Å². The number of nitrogens with two attached hydrogens (primary N) is 1. The van der Waals surface area contributed by atoms with Crippen molar-refractivity contribution in [3.8, 4) is 0 Å². The predicted octanol–water partition coefficient (Wildman–Crippen LogP) is 2.75. The Hall–Kier alpha value is -3.26. The number of carbonyl (C=O) groups is 3. The quantitative estimate of drug-likeness (QED) is 0.416. The summed E-state index contributed by atoms with van der Waals surface area (Å²) in [5.41, 5.74) is 8.15. The fourth-order valence-electron chi connectivity index (χ4n) is 4.09. The second-order valence-electron chi connectivity index (χ2n) is 7.99. The number of carboxylic acid groups (broad SMARTS) is 1. The van der Waals surface area contributed by atoms with Gasteiger partial charge in [0.05, 0.1) is 23.5 Å². The molecule has 0 saturated carbocycles. The number of hydrogen-bond acceptors (Lipinski definition) is 5. The molecule has 4 N–H and O–H groups in total. The van der Waals surface area contributed by atoms with E-state index in [0.717, 1.165) is 11.1 Å². The van der Waals surface area contributed by atoms with Gasteiger partial charge in [0.15, 0.2) is 0 Å². The number of ketones is 1. The molecule has 2 aromatic rings. The number of nitrogen functional groups attached to an aromatic ring is 1. The van der Waals surface area contributed by atoms with Crippen LogP contribution in [0.2, 0.25) is 0 Å². The summed E-state index contributed by atoms with van der Waals surface area (Å²) in [4.78, 5) is 38.7. The van der Waals surface area contributed by atoms with Crippen LogP contribution in [-0.4, -0.2) is 45.2 Å². The first-order valence-corrected chi connectivity index (χ1v) is 10.9. The van der Waals surface area contributed by atoms with Crippen LogP contribution in [0, 0.1) is 5.92 Å². The predicted molar refractivity (Wildman–Crippen MR) is 126 cm³/mol. The molecule has 2 unspecified atom stereocenters. The van der Waals surface area contributed by atoms with Crippen molar-refractivity contribution in [1.82, 2.24) is 10.2 Å². The van der Waals surface area contributed by atoms with E-state index in [1.807, 2.05) is 42.5 Å². The van der Waals surface area contributed by atoms with E-state index in [-0.39, 0.29) is 29.3 Å². The lowest BCUT2D eigenvalue weighted by Gasteiger charge is -2.29. The van der Waals surface area contributed by atoms with Crippen LogP contribution in [0.5, 0.6) is 0 Å². The molecule has 0 aliphatic carbocycles. The Labute approximate surface area is 192 Å². The van der Waals surface area contributed by atoms with E-state index in [4.69, 9.17) is 18.0 Å². The number of thiocarbonyl (C=S) groups is 1. The molecule has 1 amide bonds. The lowest BCUT2D eigenvalue weighted by Crippen LogP contribution is -2.47. The van der Waals surface area contributed by atoms with Crippen LogP contribution < -0.4 is 11.1 Å². The lowest BCUT2D eigenvalue weighted by atomic mass is 9.95. The van der Waals surface area contributed by atoms with Crippen molar-refractivity contribution in [2.75, 3.05) is 12.3 Å². The zero-order chi connectivity index (χ0) is 23.3. The first-order chi connectivity index (χ1) is 15.3. The van der Waals surface area contributed by atoms with Gasteiger partial charge >= 0.3 is 5.97 Å². The van der Waals surface area contributed by atoms with Crippen LogP contribution >= 0.6 is 12.2 Å². The highest BCUT2D eigenvalue weighted by molar-refractivity contribution is 7.80. The maximum absolute atomic E-state index is 13.1. The maximum atomic E-state index is 13.1. The molecule has 8 heteroatoms. The largest absolute Gasteiger partial charge is 0.480 e. The van der Waals surface area contributed by atoms with Gasteiger partial charge in [0.2, 0.25) is 5.91 Å². The van der Waals surface area contributed by atoms with E-state index in [0.29, 0.717) is 24.9 Å². The van der Waals surface area contributed by atoms with Crippen molar-refractivity contribution in [3.05, 3.63) is 65.7 Å². The van der Waals surface area contributed by atoms with Gasteiger partial charge in [-0.1, -0.05) is 54.7 Å². The molecule has 1 aliphatic heterocycles. The zero-order valence-electron chi connectivity index (χ0n) is 17.9. The molecule has 1 fully saturated rings. The molecule has 0 radical (unpaired) electrons. The molecule has 168 valence electrons. The van der Waals surface area contributed by atoms with Crippen LogP contribution in [0.3, 0.4) is 0 Å². The summed E-state index contributed by atoms with van der Waals surface area (Å²) in [7, 11) is 0. The van der Waals surface area contributed by atoms with Gasteiger partial charge in [0.25, 0.3) is 0 Å². The van der Waals surface area contributed by atoms with E-state index in [9.17, 15) is 19.5 Å². The summed E-state index contributed by atoms with van der Waals surface area (Å²) >= 11 is 5.43. The molecule has 1 heterocycles. The second kappa shape index (κ2) is 10.4. The molecule has 0 spiro atoms. The number of anilines is 1. The van der Waals surface area contributed by atoms with Gasteiger partial charge in [-0.15, -0.1) is 0 Å². The monoisotopic (exact) mass is 453 g/mol. The number of aliphatic carboxylic acids is 1. The minimum Gasteiger partial charge on any atom is -0.480 e. The Kier molecular flexibility index (Phi) is 7.58. The fraction of sp³-hybridized carbons (Fsp3) is 0.333. The van der Waals surface area contributed by atoms with Gasteiger partial charge in [-0.25, -0.2) is 4.79 Å². The van der Waals surface area contributed by atoms with Crippen molar-refractivity contribution < 1.29 is 19.5 Å². The Balaban J connectivity index is 1.69. The Morgan fingerprint density at radius 1 is 1.12 bits per heavy atom. The summed E-state index contributed by atoms with van der Waals surface area (Å²) in [5.74, 6) is -2.08. The van der Waals surface area contributed by atoms with Gasteiger partial charge in [-0.3, -0.25) is 9.59 Å². The minimum absolute atomic E-state index is 0.112. The van der Waals surface area contributed by atoms with Gasteiger partial charge in [0.1, 0.15) is 11.8 Å². The Morgan fingerprint density at radius 2 is 1.78 bits per heavy atom. The number of hydrogen-bond donors (Lipinski definition) is 3. The summed E-state index contributed by atoms with van der Waals surface area (Å²) in [6, 6.07) is 15.4. The number of Topliss-reactive ketones (excluding diaryl/α,β-unsaturated/α-hetero) is 1. The number of carbonyl (C=O) groups excluding carboxylic acids is 2. The smallest absolute Gasteiger partial charge is 0.326 e. The van der Waals surface area contributed by atoms with E-state index in [1.54, 1.807) is 12.1 Å². The van der Waals surface area contributed by atoms with Crippen molar-refractivity contribution in [3.63, 3.8) is 0 Å². The standard InChI is InChI=1S/C24H27N3O4S/c1-15(28)19(13-16-7-9-18(25)10-8-16)23(32)26-14-22(29)27-20(11-12-21(27)24(30)31)17-5-3-2-4-6-17/h2-10,19-21H,11-14,25H2,1H3,(H,26,32)(H,30,31)/t19?,20?,21-/m0/s1. The Morgan fingerprint density at radius 3 is 2.38 bits per heavy atom. The summed E-state index contributed by atoms with van der Waals surface area (Å²) in [5, 5.41) is 12.5. The van der Waals surface area contributed by atoms with Crippen molar-refractivity contribution in [2.24, 2.45) is 5.92 Å². The highest BCUT2D eigenvalue weighted by atomic mass is 32.1. The summed E-state index contributed by atoms with van der Waals surface area (Å²) in [6.07, 6.45) is 1.35. The summed E-state index contributed by atoms with van der Waals surface area (Å²) in [6.45, 7) is 1.29. The number of carboxylic acids is 1. The van der Waals surface area contributed by atoms with E-state index in [2.05, 4.69) is 5.32 Å². The van der Waals surface area contributed by atoms with E-state index in [1.165, 1.54) is 11.8 Å². The van der Waals surface area contributed by atoms with Gasteiger partial charge in [-0.05, 0) is 49.4 Å². The van der Waals surface area contributed by atoms with Crippen molar-refractivity contribution in [1.29, 1.82) is 0 Å². The fourth-order valence-corrected chi connectivity index (χ4v) is 4.41. The highest BCUT2D eigenvalue weighted by Crippen LogP contribution is 2.36. The van der Waals surface area contributed by atoms with Crippen LogP contribution in [0.15, 0.2) is 54.6 Å².